The van der Waals surface area contributed by atoms with E-state index in [0.29, 0.717) is 18.4 Å². The van der Waals surface area contributed by atoms with Crippen LogP contribution in [0.3, 0.4) is 0 Å². The second-order valence-electron chi connectivity index (χ2n) is 5.53. The molecule has 122 valence electrons. The summed E-state index contributed by atoms with van der Waals surface area (Å²) in [6.45, 7) is 5.61. The molecule has 0 bridgehead atoms. The van der Waals surface area contributed by atoms with Crippen LogP contribution in [0.1, 0.15) is 37.9 Å². The van der Waals surface area contributed by atoms with Gasteiger partial charge in [-0.2, -0.15) is 5.26 Å². The Hall–Kier alpha value is -2.16. The molecule has 2 aromatic rings. The molecule has 1 fully saturated rings. The molecular weight excluding hydrogens is 288 g/mol. The number of rotatable bonds is 2. The standard InChI is InChI=1S/C16H18N4O.C2H6/c1-20-11-14(16(21)6-8-18-9-7-16)19-15(20)13-4-2-12(10-17)3-5-13;1-2/h2-5,11,18,21H,6-9H2,1H3;1-2H3. The Morgan fingerprint density at radius 3 is 2.39 bits per heavy atom. The van der Waals surface area contributed by atoms with Gasteiger partial charge in [0, 0.05) is 18.8 Å². The largest absolute Gasteiger partial charge is 0.383 e. The van der Waals surface area contributed by atoms with Gasteiger partial charge in [0.2, 0.25) is 0 Å². The van der Waals surface area contributed by atoms with Gasteiger partial charge in [-0.3, -0.25) is 0 Å². The second kappa shape index (κ2) is 7.40. The molecule has 0 saturated carbocycles. The van der Waals surface area contributed by atoms with Crippen LogP contribution >= 0.6 is 0 Å². The van der Waals surface area contributed by atoms with Crippen molar-refractivity contribution in [2.75, 3.05) is 13.1 Å². The molecule has 0 spiro atoms. The number of hydrogen-bond acceptors (Lipinski definition) is 4. The van der Waals surface area contributed by atoms with Crippen LogP contribution in [-0.2, 0) is 12.6 Å². The Morgan fingerprint density at radius 1 is 1.22 bits per heavy atom. The lowest BCUT2D eigenvalue weighted by Gasteiger charge is -2.30. The zero-order chi connectivity index (χ0) is 16.9. The van der Waals surface area contributed by atoms with Gasteiger partial charge in [-0.25, -0.2) is 4.98 Å². The van der Waals surface area contributed by atoms with Gasteiger partial charge in [0.05, 0.1) is 17.3 Å². The van der Waals surface area contributed by atoms with Crippen LogP contribution in [-0.4, -0.2) is 27.7 Å². The van der Waals surface area contributed by atoms with Crippen molar-refractivity contribution in [2.24, 2.45) is 7.05 Å². The Labute approximate surface area is 137 Å². The predicted molar refractivity (Wildman–Crippen MR) is 90.7 cm³/mol. The van der Waals surface area contributed by atoms with E-state index in [-0.39, 0.29) is 0 Å². The molecular formula is C18H24N4O. The van der Waals surface area contributed by atoms with Gasteiger partial charge in [-0.1, -0.05) is 13.8 Å². The van der Waals surface area contributed by atoms with Crippen LogP contribution in [0.25, 0.3) is 11.4 Å². The molecule has 2 N–H and O–H groups in total. The highest BCUT2D eigenvalue weighted by molar-refractivity contribution is 5.57. The number of piperidine rings is 1. The first kappa shape index (κ1) is 17.2. The van der Waals surface area contributed by atoms with E-state index in [1.807, 2.05) is 43.8 Å². The normalized spacial score (nSPS) is 16.1. The summed E-state index contributed by atoms with van der Waals surface area (Å²) >= 11 is 0. The lowest BCUT2D eigenvalue weighted by molar-refractivity contribution is 0.00221. The van der Waals surface area contributed by atoms with Crippen molar-refractivity contribution in [1.82, 2.24) is 14.9 Å². The molecule has 1 aromatic carbocycles. The first-order valence-electron chi connectivity index (χ1n) is 8.10. The summed E-state index contributed by atoms with van der Waals surface area (Å²) < 4.78 is 1.93. The molecule has 1 aliphatic heterocycles. The molecule has 23 heavy (non-hydrogen) atoms. The molecule has 0 radical (unpaired) electrons. The number of nitrogens with one attached hydrogen (secondary N) is 1. The predicted octanol–water partition coefficient (Wildman–Crippen LogP) is 2.56. The number of imidazole rings is 1. The fraction of sp³-hybridized carbons (Fsp3) is 0.444. The molecule has 2 heterocycles. The monoisotopic (exact) mass is 312 g/mol. The smallest absolute Gasteiger partial charge is 0.140 e. The lowest BCUT2D eigenvalue weighted by Crippen LogP contribution is -2.39. The minimum absolute atomic E-state index is 0.630. The summed E-state index contributed by atoms with van der Waals surface area (Å²) in [6.07, 6.45) is 3.26. The highest BCUT2D eigenvalue weighted by Gasteiger charge is 2.34. The zero-order valence-electron chi connectivity index (χ0n) is 14.0. The molecule has 1 aliphatic rings. The van der Waals surface area contributed by atoms with Gasteiger partial charge in [0.25, 0.3) is 0 Å². The highest BCUT2D eigenvalue weighted by atomic mass is 16.3. The van der Waals surface area contributed by atoms with Gasteiger partial charge in [-0.05, 0) is 50.2 Å². The third-order valence-corrected chi connectivity index (χ3v) is 4.06. The SMILES string of the molecule is CC.Cn1cc(C2(O)CCNCC2)nc1-c1ccc(C#N)cc1. The number of benzene rings is 1. The number of aromatic nitrogens is 2. The first-order chi connectivity index (χ1) is 11.1. The van der Waals surface area contributed by atoms with E-state index < -0.39 is 5.60 Å². The maximum atomic E-state index is 10.8. The zero-order valence-corrected chi connectivity index (χ0v) is 14.0. The summed E-state index contributed by atoms with van der Waals surface area (Å²) in [5, 5.41) is 22.9. The molecule has 0 unspecified atom stereocenters. The number of aryl methyl sites for hydroxylation is 1. The van der Waals surface area contributed by atoms with Gasteiger partial charge >= 0.3 is 0 Å². The number of hydrogen-bond donors (Lipinski definition) is 2. The second-order valence-corrected chi connectivity index (χ2v) is 5.53. The molecule has 0 atom stereocenters. The quantitative estimate of drug-likeness (QED) is 0.894. The van der Waals surface area contributed by atoms with E-state index in [1.54, 1.807) is 12.1 Å². The van der Waals surface area contributed by atoms with Crippen molar-refractivity contribution >= 4 is 0 Å². The molecule has 0 amide bonds. The van der Waals surface area contributed by atoms with Crippen molar-refractivity contribution in [3.05, 3.63) is 41.7 Å². The Bertz CT molecular complexity index is 676. The first-order valence-corrected chi connectivity index (χ1v) is 8.10. The Balaban J connectivity index is 0.000000924. The minimum atomic E-state index is -0.839. The van der Waals surface area contributed by atoms with Crippen LogP contribution in [0.2, 0.25) is 0 Å². The molecule has 5 heteroatoms. The minimum Gasteiger partial charge on any atom is -0.383 e. The third-order valence-electron chi connectivity index (χ3n) is 4.06. The highest BCUT2D eigenvalue weighted by Crippen LogP contribution is 2.31. The lowest BCUT2D eigenvalue weighted by atomic mass is 9.89. The molecule has 0 aliphatic carbocycles. The maximum Gasteiger partial charge on any atom is 0.140 e. The number of nitriles is 1. The van der Waals surface area contributed by atoms with Gasteiger partial charge in [0.1, 0.15) is 11.4 Å². The van der Waals surface area contributed by atoms with Crippen molar-refractivity contribution in [3.63, 3.8) is 0 Å². The van der Waals surface area contributed by atoms with Crippen molar-refractivity contribution in [1.29, 1.82) is 5.26 Å². The molecule has 3 rings (SSSR count). The average molecular weight is 312 g/mol. The molecule has 1 aromatic heterocycles. The maximum absolute atomic E-state index is 10.8. The van der Waals surface area contributed by atoms with Crippen LogP contribution in [0.4, 0.5) is 0 Å². The van der Waals surface area contributed by atoms with E-state index in [0.717, 1.165) is 30.2 Å². The average Bonchev–Trinajstić information content (AvgIpc) is 3.00. The summed E-state index contributed by atoms with van der Waals surface area (Å²) in [6, 6.07) is 9.44. The molecule has 1 saturated heterocycles. The fourth-order valence-corrected chi connectivity index (χ4v) is 2.75. The molecule has 5 nitrogen and oxygen atoms in total. The summed E-state index contributed by atoms with van der Waals surface area (Å²) in [5.41, 5.74) is 1.46. The van der Waals surface area contributed by atoms with E-state index in [2.05, 4.69) is 16.4 Å². The number of nitrogens with zero attached hydrogens (tertiary/aromatic N) is 3. The van der Waals surface area contributed by atoms with E-state index in [1.165, 1.54) is 0 Å². The Kier molecular flexibility index (Phi) is 5.54. The summed E-state index contributed by atoms with van der Waals surface area (Å²) in [7, 11) is 1.93. The van der Waals surface area contributed by atoms with Crippen LogP contribution in [0.15, 0.2) is 30.5 Å². The van der Waals surface area contributed by atoms with Gasteiger partial charge < -0.3 is 15.0 Å². The van der Waals surface area contributed by atoms with E-state index in [4.69, 9.17) is 5.26 Å². The number of aliphatic hydroxyl groups is 1. The van der Waals surface area contributed by atoms with E-state index >= 15 is 0 Å². The van der Waals surface area contributed by atoms with Gasteiger partial charge in [-0.15, -0.1) is 0 Å². The van der Waals surface area contributed by atoms with Crippen molar-refractivity contribution < 1.29 is 5.11 Å². The van der Waals surface area contributed by atoms with Crippen molar-refractivity contribution in [3.8, 4) is 17.5 Å². The summed E-state index contributed by atoms with van der Waals surface area (Å²) in [4.78, 5) is 4.63. The van der Waals surface area contributed by atoms with Crippen LogP contribution in [0.5, 0.6) is 0 Å². The topological polar surface area (TPSA) is 73.9 Å². The Morgan fingerprint density at radius 2 is 1.83 bits per heavy atom. The fourth-order valence-electron chi connectivity index (χ4n) is 2.75. The third kappa shape index (κ3) is 3.61. The van der Waals surface area contributed by atoms with Crippen LogP contribution in [0, 0.1) is 11.3 Å². The van der Waals surface area contributed by atoms with E-state index in [9.17, 15) is 5.11 Å². The van der Waals surface area contributed by atoms with Crippen molar-refractivity contribution in [2.45, 2.75) is 32.3 Å². The summed E-state index contributed by atoms with van der Waals surface area (Å²) in [5.74, 6) is 0.807. The van der Waals surface area contributed by atoms with Gasteiger partial charge in [0.15, 0.2) is 0 Å². The van der Waals surface area contributed by atoms with Crippen LogP contribution < -0.4 is 5.32 Å².